The topological polar surface area (TPSA) is 75.3 Å². The molecule has 1 aliphatic rings. The van der Waals surface area contributed by atoms with Gasteiger partial charge in [0.25, 0.3) is 0 Å². The monoisotopic (exact) mass is 332 g/mol. The number of nitrogen functional groups attached to an aromatic ring is 1. The van der Waals surface area contributed by atoms with Crippen molar-refractivity contribution >= 4 is 34.3 Å². The quantitative estimate of drug-likeness (QED) is 0.874. The molecule has 124 valence electrons. The maximum atomic E-state index is 10.3. The number of hydrogen-bond acceptors (Lipinski definition) is 6. The summed E-state index contributed by atoms with van der Waals surface area (Å²) in [5.74, 6) is 0.303. The first-order valence-corrected chi connectivity index (χ1v) is 8.98. The number of unbranched alkanes of at least 4 members (excludes halogenated alkanes) is 1. The maximum absolute atomic E-state index is 10.3. The molecule has 0 amide bonds. The van der Waals surface area contributed by atoms with E-state index in [9.17, 15) is 5.11 Å². The molecule has 2 aromatic rings. The predicted octanol–water partition coefficient (Wildman–Crippen LogP) is 3.41. The lowest BCUT2D eigenvalue weighted by molar-refractivity contribution is 0.0867. The Kier molecular flexibility index (Phi) is 4.38. The van der Waals surface area contributed by atoms with Gasteiger partial charge in [0.05, 0.1) is 27.1 Å². The van der Waals surface area contributed by atoms with Crippen LogP contribution in [0.3, 0.4) is 0 Å². The number of hydrogen-bond donors (Lipinski definition) is 2. The zero-order valence-electron chi connectivity index (χ0n) is 13.9. The van der Waals surface area contributed by atoms with Crippen molar-refractivity contribution in [2.45, 2.75) is 55.9 Å². The Labute approximate surface area is 141 Å². The van der Waals surface area contributed by atoms with E-state index in [4.69, 9.17) is 5.73 Å². The summed E-state index contributed by atoms with van der Waals surface area (Å²) >= 11 is 1.83. The van der Waals surface area contributed by atoms with Crippen molar-refractivity contribution in [3.05, 3.63) is 18.3 Å². The van der Waals surface area contributed by atoms with Gasteiger partial charge >= 0.3 is 0 Å². The lowest BCUT2D eigenvalue weighted by Gasteiger charge is -2.32. The molecule has 0 spiro atoms. The first-order chi connectivity index (χ1) is 10.9. The Morgan fingerprint density at radius 2 is 2.17 bits per heavy atom. The summed E-state index contributed by atoms with van der Waals surface area (Å²) in [7, 11) is 0. The molecule has 0 radical (unpaired) electrons. The van der Waals surface area contributed by atoms with Crippen LogP contribution in [-0.4, -0.2) is 32.6 Å². The largest absolute Gasteiger partial charge is 0.389 e. The van der Waals surface area contributed by atoms with Crippen LogP contribution in [0.15, 0.2) is 23.2 Å². The van der Waals surface area contributed by atoms with Gasteiger partial charge in [-0.2, -0.15) is 0 Å². The van der Waals surface area contributed by atoms with Crippen molar-refractivity contribution in [2.75, 3.05) is 17.2 Å². The smallest absolute Gasteiger partial charge is 0.220 e. The van der Waals surface area contributed by atoms with Crippen LogP contribution in [0, 0.1) is 0 Å². The van der Waals surface area contributed by atoms with E-state index in [2.05, 4.69) is 27.9 Å². The molecule has 2 heterocycles. The van der Waals surface area contributed by atoms with E-state index in [1.807, 2.05) is 31.7 Å². The van der Waals surface area contributed by atoms with Crippen molar-refractivity contribution in [3.8, 4) is 0 Å². The van der Waals surface area contributed by atoms with Crippen LogP contribution in [0.25, 0.3) is 10.9 Å². The van der Waals surface area contributed by atoms with E-state index in [0.29, 0.717) is 17.9 Å². The summed E-state index contributed by atoms with van der Waals surface area (Å²) in [5.41, 5.74) is 7.10. The second kappa shape index (κ2) is 6.17. The van der Waals surface area contributed by atoms with E-state index < -0.39 is 5.60 Å². The molecule has 1 aromatic heterocycles. The van der Waals surface area contributed by atoms with Crippen LogP contribution in [0.2, 0.25) is 0 Å². The summed E-state index contributed by atoms with van der Waals surface area (Å²) in [6.45, 7) is 6.52. The molecule has 0 saturated carbocycles. The normalized spacial score (nSPS) is 17.7. The number of anilines is 2. The average molecular weight is 332 g/mol. The Morgan fingerprint density at radius 1 is 1.39 bits per heavy atom. The number of rotatable bonds is 5. The third-order valence-electron chi connectivity index (χ3n) is 3.98. The number of nitrogens with zero attached hydrogens (tertiary/aromatic N) is 3. The summed E-state index contributed by atoms with van der Waals surface area (Å²) in [4.78, 5) is 12.0. The van der Waals surface area contributed by atoms with Gasteiger partial charge in [-0.25, -0.2) is 9.97 Å². The first kappa shape index (κ1) is 16.3. The summed E-state index contributed by atoms with van der Waals surface area (Å²) in [6, 6.07) is 4.15. The zero-order chi connectivity index (χ0) is 16.6. The number of aromatic nitrogens is 2. The van der Waals surface area contributed by atoms with Crippen molar-refractivity contribution in [1.82, 2.24) is 9.97 Å². The lowest BCUT2D eigenvalue weighted by Crippen LogP contribution is -2.41. The number of aliphatic hydroxyl groups is 1. The maximum Gasteiger partial charge on any atom is 0.220 e. The highest BCUT2D eigenvalue weighted by Gasteiger charge is 2.34. The molecule has 6 heteroatoms. The fourth-order valence-corrected chi connectivity index (χ4v) is 4.42. The highest BCUT2D eigenvalue weighted by molar-refractivity contribution is 8.00. The molecule has 1 unspecified atom stereocenters. The van der Waals surface area contributed by atoms with E-state index >= 15 is 0 Å². The molecule has 0 fully saturated rings. The second-order valence-corrected chi connectivity index (χ2v) is 7.92. The molecule has 0 aliphatic carbocycles. The van der Waals surface area contributed by atoms with Gasteiger partial charge < -0.3 is 15.7 Å². The minimum atomic E-state index is -0.744. The Bertz CT molecular complexity index is 714. The molecule has 5 nitrogen and oxygen atoms in total. The van der Waals surface area contributed by atoms with Gasteiger partial charge in [-0.15, -0.1) is 0 Å². The SMILES string of the molecule is CCCCC1Sc2c(ccc3cnc(N)nc23)N1CC(C)(C)O. The molecular weight excluding hydrogens is 308 g/mol. The summed E-state index contributed by atoms with van der Waals surface area (Å²) in [6.07, 6.45) is 5.20. The standard InChI is InChI=1S/C17H24N4OS/c1-4-5-6-13-21(10-17(2,3)22)12-8-7-11-9-19-16(18)20-14(11)15(12)23-13/h7-9,13,22H,4-6,10H2,1-3H3,(H2,18,19,20). The molecular formula is C17H24N4OS. The van der Waals surface area contributed by atoms with Gasteiger partial charge in [0.2, 0.25) is 5.95 Å². The highest BCUT2D eigenvalue weighted by atomic mass is 32.2. The van der Waals surface area contributed by atoms with Gasteiger partial charge in [-0.05, 0) is 32.4 Å². The number of nitrogens with two attached hydrogens (primary N) is 1. The summed E-state index contributed by atoms with van der Waals surface area (Å²) in [5, 5.41) is 11.6. The van der Waals surface area contributed by atoms with E-state index in [-0.39, 0.29) is 0 Å². The van der Waals surface area contributed by atoms with E-state index in [0.717, 1.165) is 27.9 Å². The molecule has 23 heavy (non-hydrogen) atoms. The van der Waals surface area contributed by atoms with Crippen molar-refractivity contribution in [2.24, 2.45) is 0 Å². The van der Waals surface area contributed by atoms with Crippen LogP contribution in [0.4, 0.5) is 11.6 Å². The second-order valence-electron chi connectivity index (χ2n) is 6.73. The van der Waals surface area contributed by atoms with Gasteiger partial charge in [0.15, 0.2) is 0 Å². The van der Waals surface area contributed by atoms with Crippen molar-refractivity contribution in [1.29, 1.82) is 0 Å². The van der Waals surface area contributed by atoms with E-state index in [1.165, 1.54) is 12.8 Å². The summed E-state index contributed by atoms with van der Waals surface area (Å²) < 4.78 is 0. The van der Waals surface area contributed by atoms with Gasteiger partial charge in [-0.1, -0.05) is 31.5 Å². The predicted molar refractivity (Wildman–Crippen MR) is 96.8 cm³/mol. The van der Waals surface area contributed by atoms with Crippen LogP contribution in [0.1, 0.15) is 40.0 Å². The minimum Gasteiger partial charge on any atom is -0.389 e. The lowest BCUT2D eigenvalue weighted by atomic mass is 10.1. The van der Waals surface area contributed by atoms with Crippen molar-refractivity contribution < 1.29 is 5.11 Å². The fraction of sp³-hybridized carbons (Fsp3) is 0.529. The highest BCUT2D eigenvalue weighted by Crippen LogP contribution is 2.48. The Morgan fingerprint density at radius 3 is 2.87 bits per heavy atom. The molecule has 1 aromatic carbocycles. The van der Waals surface area contributed by atoms with Crippen LogP contribution in [0.5, 0.6) is 0 Å². The van der Waals surface area contributed by atoms with Gasteiger partial charge in [-0.3, -0.25) is 0 Å². The third kappa shape index (κ3) is 3.38. The molecule has 1 atom stereocenters. The number of fused-ring (bicyclic) bond motifs is 3. The molecule has 1 aliphatic heterocycles. The average Bonchev–Trinajstić information content (AvgIpc) is 2.81. The van der Waals surface area contributed by atoms with E-state index in [1.54, 1.807) is 6.20 Å². The first-order valence-electron chi connectivity index (χ1n) is 8.10. The number of β-amino-alcohol motifs (C(OH)–C–C–N with tert-alkyl or cyclic N) is 1. The Hall–Kier alpha value is -1.53. The fourth-order valence-electron chi connectivity index (χ4n) is 2.97. The van der Waals surface area contributed by atoms with Crippen LogP contribution in [-0.2, 0) is 0 Å². The number of benzene rings is 1. The van der Waals surface area contributed by atoms with Crippen molar-refractivity contribution in [3.63, 3.8) is 0 Å². The molecule has 0 saturated heterocycles. The minimum absolute atomic E-state index is 0.303. The van der Waals surface area contributed by atoms with Gasteiger partial charge in [0, 0.05) is 18.1 Å². The van der Waals surface area contributed by atoms with Crippen LogP contribution < -0.4 is 10.6 Å². The van der Waals surface area contributed by atoms with Gasteiger partial charge in [0.1, 0.15) is 0 Å². The third-order valence-corrected chi connectivity index (χ3v) is 5.38. The zero-order valence-corrected chi connectivity index (χ0v) is 14.7. The van der Waals surface area contributed by atoms with Crippen LogP contribution >= 0.6 is 11.8 Å². The molecule has 3 N–H and O–H groups in total. The molecule has 0 bridgehead atoms. The number of thioether (sulfide) groups is 1. The molecule has 3 rings (SSSR count). The Balaban J connectivity index is 2.04.